The monoisotopic (exact) mass is 252 g/mol. The maximum Gasteiger partial charge on any atom is 0.0968 e. The fraction of sp³-hybridized carbons (Fsp3) is 0.643. The minimum atomic E-state index is 0.550. The fourth-order valence-corrected chi connectivity index (χ4v) is 3.33. The van der Waals surface area contributed by atoms with E-state index < -0.39 is 0 Å². The molecule has 0 saturated heterocycles. The molecule has 0 aliphatic heterocycles. The summed E-state index contributed by atoms with van der Waals surface area (Å²) in [6, 6.07) is 4.86. The van der Waals surface area contributed by atoms with E-state index in [9.17, 15) is 0 Å². The van der Waals surface area contributed by atoms with Gasteiger partial charge in [-0.05, 0) is 44.5 Å². The summed E-state index contributed by atoms with van der Waals surface area (Å²) in [5, 5.41) is 5.23. The van der Waals surface area contributed by atoms with Gasteiger partial charge in [0.25, 0.3) is 0 Å². The largest absolute Gasteiger partial charge is 0.313 e. The summed E-state index contributed by atoms with van der Waals surface area (Å²) >= 11 is 1.87. The van der Waals surface area contributed by atoms with Crippen molar-refractivity contribution in [1.82, 2.24) is 10.3 Å². The van der Waals surface area contributed by atoms with Crippen LogP contribution in [0.5, 0.6) is 0 Å². The SMILES string of the molecule is CCNC(CC)C(C)Sc1cc(C)cc(C)n1. The number of hydrogen-bond acceptors (Lipinski definition) is 3. The average molecular weight is 252 g/mol. The van der Waals surface area contributed by atoms with Gasteiger partial charge in [0.2, 0.25) is 0 Å². The van der Waals surface area contributed by atoms with E-state index >= 15 is 0 Å². The van der Waals surface area contributed by atoms with Gasteiger partial charge in [-0.1, -0.05) is 20.8 Å². The molecule has 2 unspecified atom stereocenters. The van der Waals surface area contributed by atoms with E-state index in [-0.39, 0.29) is 0 Å². The van der Waals surface area contributed by atoms with Crippen molar-refractivity contribution in [3.63, 3.8) is 0 Å². The van der Waals surface area contributed by atoms with Gasteiger partial charge in [-0.2, -0.15) is 0 Å². The third-order valence-electron chi connectivity index (χ3n) is 2.85. The predicted molar refractivity (Wildman–Crippen MR) is 76.8 cm³/mol. The van der Waals surface area contributed by atoms with E-state index in [1.54, 1.807) is 0 Å². The number of aromatic nitrogens is 1. The van der Waals surface area contributed by atoms with Crippen molar-refractivity contribution in [2.24, 2.45) is 0 Å². The van der Waals surface area contributed by atoms with Gasteiger partial charge in [0, 0.05) is 17.0 Å². The van der Waals surface area contributed by atoms with E-state index in [2.05, 4.69) is 57.1 Å². The van der Waals surface area contributed by atoms with Gasteiger partial charge in [-0.15, -0.1) is 11.8 Å². The van der Waals surface area contributed by atoms with Crippen LogP contribution in [-0.2, 0) is 0 Å². The first-order chi connectivity index (χ1) is 8.06. The number of hydrogen-bond donors (Lipinski definition) is 1. The second-order valence-corrected chi connectivity index (χ2v) is 5.92. The first kappa shape index (κ1) is 14.5. The third kappa shape index (κ3) is 4.68. The highest BCUT2D eigenvalue weighted by molar-refractivity contribution is 7.99. The van der Waals surface area contributed by atoms with Crippen LogP contribution in [-0.4, -0.2) is 22.8 Å². The van der Waals surface area contributed by atoms with Crippen LogP contribution in [0.15, 0.2) is 17.2 Å². The Morgan fingerprint density at radius 1 is 1.29 bits per heavy atom. The van der Waals surface area contributed by atoms with E-state index in [4.69, 9.17) is 0 Å². The van der Waals surface area contributed by atoms with E-state index in [0.717, 1.165) is 23.7 Å². The van der Waals surface area contributed by atoms with Gasteiger partial charge in [-0.3, -0.25) is 0 Å². The van der Waals surface area contributed by atoms with E-state index in [1.165, 1.54) is 5.56 Å². The zero-order valence-corrected chi connectivity index (χ0v) is 12.4. The molecule has 0 aliphatic carbocycles. The number of nitrogens with one attached hydrogen (secondary N) is 1. The summed E-state index contributed by atoms with van der Waals surface area (Å²) in [4.78, 5) is 4.59. The minimum absolute atomic E-state index is 0.550. The van der Waals surface area contributed by atoms with Crippen LogP contribution < -0.4 is 5.32 Å². The second kappa shape index (κ2) is 7.02. The highest BCUT2D eigenvalue weighted by Gasteiger charge is 2.16. The van der Waals surface area contributed by atoms with E-state index in [1.807, 2.05) is 11.8 Å². The molecule has 2 atom stereocenters. The molecular formula is C14H24N2S. The number of nitrogens with zero attached hydrogens (tertiary/aromatic N) is 1. The summed E-state index contributed by atoms with van der Waals surface area (Å²) in [5.74, 6) is 0. The Hall–Kier alpha value is -0.540. The topological polar surface area (TPSA) is 24.9 Å². The van der Waals surface area contributed by atoms with Crippen LogP contribution in [0.25, 0.3) is 0 Å². The van der Waals surface area contributed by atoms with Crippen molar-refractivity contribution in [3.05, 3.63) is 23.4 Å². The van der Waals surface area contributed by atoms with Crippen molar-refractivity contribution in [3.8, 4) is 0 Å². The van der Waals surface area contributed by atoms with Gasteiger partial charge < -0.3 is 5.32 Å². The summed E-state index contributed by atoms with van der Waals surface area (Å²) in [6.45, 7) is 11.9. The summed E-state index contributed by atoms with van der Waals surface area (Å²) in [6.07, 6.45) is 1.16. The minimum Gasteiger partial charge on any atom is -0.313 e. The molecule has 0 amide bonds. The molecule has 3 heteroatoms. The standard InChI is InChI=1S/C14H24N2S/c1-6-13(15-7-2)12(5)17-14-9-10(3)8-11(4)16-14/h8-9,12-13,15H,6-7H2,1-5H3. The maximum atomic E-state index is 4.59. The molecule has 0 aliphatic rings. The van der Waals surface area contributed by atoms with Gasteiger partial charge in [0.1, 0.15) is 0 Å². The van der Waals surface area contributed by atoms with Gasteiger partial charge in [-0.25, -0.2) is 4.98 Å². The zero-order valence-electron chi connectivity index (χ0n) is 11.6. The summed E-state index contributed by atoms with van der Waals surface area (Å²) in [7, 11) is 0. The Bertz CT molecular complexity index is 332. The molecule has 17 heavy (non-hydrogen) atoms. The molecule has 0 bridgehead atoms. The summed E-state index contributed by atoms with van der Waals surface area (Å²) < 4.78 is 0. The molecule has 0 fully saturated rings. The number of rotatable bonds is 6. The average Bonchev–Trinajstić information content (AvgIpc) is 2.24. The number of pyridine rings is 1. The highest BCUT2D eigenvalue weighted by atomic mass is 32.2. The van der Waals surface area contributed by atoms with Crippen LogP contribution in [0.3, 0.4) is 0 Å². The third-order valence-corrected chi connectivity index (χ3v) is 4.00. The molecule has 1 N–H and O–H groups in total. The van der Waals surface area contributed by atoms with E-state index in [0.29, 0.717) is 11.3 Å². The Morgan fingerprint density at radius 3 is 2.53 bits per heavy atom. The zero-order chi connectivity index (χ0) is 12.8. The van der Waals surface area contributed by atoms with Crippen LogP contribution in [0, 0.1) is 13.8 Å². The van der Waals surface area contributed by atoms with Crippen LogP contribution >= 0.6 is 11.8 Å². The molecule has 0 saturated carbocycles. The number of aryl methyl sites for hydroxylation is 2. The molecule has 0 aromatic carbocycles. The van der Waals surface area contributed by atoms with Gasteiger partial charge >= 0.3 is 0 Å². The van der Waals surface area contributed by atoms with Crippen LogP contribution in [0.4, 0.5) is 0 Å². The first-order valence-corrected chi connectivity index (χ1v) is 7.30. The van der Waals surface area contributed by atoms with Crippen molar-refractivity contribution in [2.75, 3.05) is 6.54 Å². The Labute approximate surface area is 110 Å². The molecule has 1 rings (SSSR count). The van der Waals surface area contributed by atoms with Gasteiger partial charge in [0.15, 0.2) is 0 Å². The molecule has 0 radical (unpaired) electrons. The van der Waals surface area contributed by atoms with Crippen molar-refractivity contribution >= 4 is 11.8 Å². The Kier molecular flexibility index (Phi) is 6.00. The molecule has 1 aromatic heterocycles. The lowest BCUT2D eigenvalue weighted by molar-refractivity contribution is 0.509. The Balaban J connectivity index is 2.68. The lowest BCUT2D eigenvalue weighted by atomic mass is 10.2. The molecular weight excluding hydrogens is 228 g/mol. The van der Waals surface area contributed by atoms with Crippen molar-refractivity contribution in [1.29, 1.82) is 0 Å². The van der Waals surface area contributed by atoms with Crippen molar-refractivity contribution in [2.45, 2.75) is 57.4 Å². The van der Waals surface area contributed by atoms with Crippen LogP contribution in [0.1, 0.15) is 38.4 Å². The second-order valence-electron chi connectivity index (χ2n) is 4.52. The maximum absolute atomic E-state index is 4.59. The van der Waals surface area contributed by atoms with Gasteiger partial charge in [0.05, 0.1) is 5.03 Å². The smallest absolute Gasteiger partial charge is 0.0968 e. The quantitative estimate of drug-likeness (QED) is 0.784. The number of thioether (sulfide) groups is 1. The fourth-order valence-electron chi connectivity index (χ4n) is 2.04. The molecule has 96 valence electrons. The summed E-state index contributed by atoms with van der Waals surface area (Å²) in [5.41, 5.74) is 2.40. The highest BCUT2D eigenvalue weighted by Crippen LogP contribution is 2.25. The first-order valence-electron chi connectivity index (χ1n) is 6.42. The van der Waals surface area contributed by atoms with Crippen molar-refractivity contribution < 1.29 is 0 Å². The molecule has 1 aromatic rings. The molecule has 0 spiro atoms. The molecule has 1 heterocycles. The lowest BCUT2D eigenvalue weighted by Crippen LogP contribution is -2.35. The molecule has 2 nitrogen and oxygen atoms in total. The normalized spacial score (nSPS) is 14.6. The van der Waals surface area contributed by atoms with Crippen LogP contribution in [0.2, 0.25) is 0 Å². The lowest BCUT2D eigenvalue weighted by Gasteiger charge is -2.22. The predicted octanol–water partition coefficient (Wildman–Crippen LogP) is 3.57. The Morgan fingerprint density at radius 2 is 2.00 bits per heavy atom.